The highest BCUT2D eigenvalue weighted by Gasteiger charge is 2.10. The molecular formula is C36H56O3. The smallest absolute Gasteiger partial charge is 0.343 e. The molecule has 1 atom stereocenters. The van der Waals surface area contributed by atoms with Gasteiger partial charge >= 0.3 is 5.97 Å². The van der Waals surface area contributed by atoms with Gasteiger partial charge in [-0.3, -0.25) is 0 Å². The summed E-state index contributed by atoms with van der Waals surface area (Å²) in [5.74, 6) is 0.253. The predicted molar refractivity (Wildman–Crippen MR) is 166 cm³/mol. The molecule has 1 unspecified atom stereocenters. The van der Waals surface area contributed by atoms with Gasteiger partial charge in [0.05, 0.1) is 11.7 Å². The molecule has 0 radical (unpaired) electrons. The SMILES string of the molecule is CCCCCCCCCCCCCCCOC(C)c1ccc(OC(=O)c2ccc(CCCCCC)cc2)cc1. The zero-order valence-corrected chi connectivity index (χ0v) is 25.4. The Bertz CT molecular complexity index is 856. The Labute approximate surface area is 240 Å². The van der Waals surface area contributed by atoms with Gasteiger partial charge < -0.3 is 9.47 Å². The molecule has 0 bridgehead atoms. The van der Waals surface area contributed by atoms with E-state index in [0.717, 1.165) is 25.0 Å². The predicted octanol–water partition coefficient (Wildman–Crippen LogP) is 11.2. The highest BCUT2D eigenvalue weighted by molar-refractivity contribution is 5.91. The first kappa shape index (κ1) is 33.1. The van der Waals surface area contributed by atoms with Crippen molar-refractivity contribution in [2.24, 2.45) is 0 Å². The number of hydrogen-bond donors (Lipinski definition) is 0. The summed E-state index contributed by atoms with van der Waals surface area (Å²) in [4.78, 5) is 12.6. The van der Waals surface area contributed by atoms with Gasteiger partial charge in [-0.05, 0) is 61.6 Å². The Hall–Kier alpha value is -2.13. The molecule has 218 valence electrons. The number of esters is 1. The van der Waals surface area contributed by atoms with Crippen LogP contribution < -0.4 is 4.74 Å². The summed E-state index contributed by atoms with van der Waals surface area (Å²) in [6, 6.07) is 15.5. The molecule has 0 fully saturated rings. The fourth-order valence-electron chi connectivity index (χ4n) is 5.01. The van der Waals surface area contributed by atoms with Crippen molar-refractivity contribution in [2.45, 2.75) is 142 Å². The van der Waals surface area contributed by atoms with E-state index in [9.17, 15) is 4.79 Å². The number of carbonyl (C=O) groups excluding carboxylic acids is 1. The lowest BCUT2D eigenvalue weighted by Gasteiger charge is -2.14. The molecule has 3 nitrogen and oxygen atoms in total. The second kappa shape index (κ2) is 21.7. The summed E-state index contributed by atoms with van der Waals surface area (Å²) in [5, 5.41) is 0. The van der Waals surface area contributed by atoms with E-state index in [1.54, 1.807) is 0 Å². The number of carbonyl (C=O) groups is 1. The zero-order chi connectivity index (χ0) is 28.0. The van der Waals surface area contributed by atoms with Crippen molar-refractivity contribution in [3.63, 3.8) is 0 Å². The maximum Gasteiger partial charge on any atom is 0.343 e. The Morgan fingerprint density at radius 2 is 1.10 bits per heavy atom. The van der Waals surface area contributed by atoms with Crippen molar-refractivity contribution < 1.29 is 14.3 Å². The average Bonchev–Trinajstić information content (AvgIpc) is 2.96. The highest BCUT2D eigenvalue weighted by atomic mass is 16.5. The summed E-state index contributed by atoms with van der Waals surface area (Å²) < 4.78 is 11.7. The van der Waals surface area contributed by atoms with Crippen LogP contribution in [0.3, 0.4) is 0 Å². The lowest BCUT2D eigenvalue weighted by molar-refractivity contribution is 0.0627. The standard InChI is InChI=1S/C36H56O3/c1-4-6-8-10-11-12-13-14-15-16-17-18-20-30-38-31(3)33-26-28-35(29-27-33)39-36(37)34-24-22-32(23-25-34)21-19-9-7-5-2/h22-29,31H,4-21,30H2,1-3H3. The van der Waals surface area contributed by atoms with E-state index in [4.69, 9.17) is 9.47 Å². The molecule has 3 heteroatoms. The van der Waals surface area contributed by atoms with Crippen molar-refractivity contribution in [1.82, 2.24) is 0 Å². The van der Waals surface area contributed by atoms with Crippen LogP contribution >= 0.6 is 0 Å². The van der Waals surface area contributed by atoms with Gasteiger partial charge in [-0.25, -0.2) is 4.79 Å². The Balaban J connectivity index is 1.55. The van der Waals surface area contributed by atoms with E-state index in [-0.39, 0.29) is 12.1 Å². The number of unbranched alkanes of at least 4 members (excludes halogenated alkanes) is 15. The minimum Gasteiger partial charge on any atom is -0.423 e. The molecule has 0 amide bonds. The van der Waals surface area contributed by atoms with E-state index < -0.39 is 0 Å². The molecule has 0 aliphatic rings. The number of hydrogen-bond acceptors (Lipinski definition) is 3. The number of rotatable bonds is 23. The minimum atomic E-state index is -0.313. The fourth-order valence-corrected chi connectivity index (χ4v) is 5.01. The fraction of sp³-hybridized carbons (Fsp3) is 0.639. The van der Waals surface area contributed by atoms with Gasteiger partial charge in [0.25, 0.3) is 0 Å². The molecule has 2 aromatic carbocycles. The molecule has 0 aliphatic carbocycles. The quantitative estimate of drug-likeness (QED) is 0.0804. The summed E-state index contributed by atoms with van der Waals surface area (Å²) in [7, 11) is 0. The van der Waals surface area contributed by atoms with E-state index >= 15 is 0 Å². The monoisotopic (exact) mass is 536 g/mol. The summed E-state index contributed by atoms with van der Waals surface area (Å²) in [6.45, 7) is 7.39. The Morgan fingerprint density at radius 3 is 1.64 bits per heavy atom. The van der Waals surface area contributed by atoms with Gasteiger partial charge in [0, 0.05) is 6.61 Å². The molecule has 0 saturated carbocycles. The molecule has 2 aromatic rings. The second-order valence-corrected chi connectivity index (χ2v) is 11.2. The van der Waals surface area contributed by atoms with Crippen molar-refractivity contribution >= 4 is 5.97 Å². The van der Waals surface area contributed by atoms with E-state index in [1.807, 2.05) is 48.5 Å². The van der Waals surface area contributed by atoms with Gasteiger partial charge in [-0.1, -0.05) is 134 Å². The van der Waals surface area contributed by atoms with Gasteiger partial charge in [0.2, 0.25) is 0 Å². The first-order valence-electron chi connectivity index (χ1n) is 16.2. The number of ether oxygens (including phenoxy) is 2. The van der Waals surface area contributed by atoms with Crippen LogP contribution in [0.15, 0.2) is 48.5 Å². The minimum absolute atomic E-state index is 0.0388. The maximum absolute atomic E-state index is 12.6. The second-order valence-electron chi connectivity index (χ2n) is 11.2. The van der Waals surface area contributed by atoms with Gasteiger partial charge in [0.15, 0.2) is 0 Å². The molecule has 0 heterocycles. The maximum atomic E-state index is 12.6. The van der Waals surface area contributed by atoms with Crippen LogP contribution in [-0.2, 0) is 11.2 Å². The van der Waals surface area contributed by atoms with Gasteiger partial charge in [-0.15, -0.1) is 0 Å². The van der Waals surface area contributed by atoms with Gasteiger partial charge in [-0.2, -0.15) is 0 Å². The third-order valence-corrected chi connectivity index (χ3v) is 7.68. The molecule has 0 aliphatic heterocycles. The van der Waals surface area contributed by atoms with Crippen molar-refractivity contribution in [1.29, 1.82) is 0 Å². The number of aryl methyl sites for hydroxylation is 1. The van der Waals surface area contributed by atoms with Crippen LogP contribution in [0.2, 0.25) is 0 Å². The lowest BCUT2D eigenvalue weighted by Crippen LogP contribution is -2.08. The zero-order valence-electron chi connectivity index (χ0n) is 25.4. The third kappa shape index (κ3) is 15.3. The Kier molecular flexibility index (Phi) is 18.4. The molecule has 0 saturated heterocycles. The lowest BCUT2D eigenvalue weighted by atomic mass is 10.0. The van der Waals surface area contributed by atoms with Crippen molar-refractivity contribution in [3.8, 4) is 5.75 Å². The summed E-state index contributed by atoms with van der Waals surface area (Å²) in [5.41, 5.74) is 2.97. The third-order valence-electron chi connectivity index (χ3n) is 7.68. The van der Waals surface area contributed by atoms with E-state index in [0.29, 0.717) is 11.3 Å². The van der Waals surface area contributed by atoms with Gasteiger partial charge in [0.1, 0.15) is 5.75 Å². The van der Waals surface area contributed by atoms with Crippen molar-refractivity contribution in [2.75, 3.05) is 6.61 Å². The largest absolute Gasteiger partial charge is 0.423 e. The topological polar surface area (TPSA) is 35.5 Å². The van der Waals surface area contributed by atoms with E-state index in [1.165, 1.54) is 108 Å². The normalized spacial score (nSPS) is 12.0. The first-order valence-corrected chi connectivity index (χ1v) is 16.2. The summed E-state index contributed by atoms with van der Waals surface area (Å²) in [6.07, 6.45) is 23.8. The molecule has 39 heavy (non-hydrogen) atoms. The Morgan fingerprint density at radius 1 is 0.615 bits per heavy atom. The van der Waals surface area contributed by atoms with Crippen LogP contribution in [0.5, 0.6) is 5.75 Å². The van der Waals surface area contributed by atoms with Crippen LogP contribution in [0.4, 0.5) is 0 Å². The van der Waals surface area contributed by atoms with Crippen LogP contribution in [0, 0.1) is 0 Å². The molecule has 0 spiro atoms. The first-order chi connectivity index (χ1) is 19.1. The van der Waals surface area contributed by atoms with Crippen LogP contribution in [0.1, 0.15) is 158 Å². The van der Waals surface area contributed by atoms with E-state index in [2.05, 4.69) is 20.8 Å². The molecule has 0 N–H and O–H groups in total. The molecule has 2 rings (SSSR count). The average molecular weight is 537 g/mol. The van der Waals surface area contributed by atoms with Crippen LogP contribution in [0.25, 0.3) is 0 Å². The number of benzene rings is 2. The molecular weight excluding hydrogens is 480 g/mol. The van der Waals surface area contributed by atoms with Crippen LogP contribution in [-0.4, -0.2) is 12.6 Å². The molecule has 0 aromatic heterocycles. The summed E-state index contributed by atoms with van der Waals surface area (Å²) >= 11 is 0. The van der Waals surface area contributed by atoms with Crippen molar-refractivity contribution in [3.05, 3.63) is 65.2 Å². The highest BCUT2D eigenvalue weighted by Crippen LogP contribution is 2.22.